The zero-order valence-corrected chi connectivity index (χ0v) is 23.1. The topological polar surface area (TPSA) is 79.0 Å². The second-order valence-corrected chi connectivity index (χ2v) is 13.5. The molecule has 1 N–H and O–H groups in total. The summed E-state index contributed by atoms with van der Waals surface area (Å²) < 4.78 is 18.6. The summed E-state index contributed by atoms with van der Waals surface area (Å²) in [5.74, 6) is 0.492. The van der Waals surface area contributed by atoms with Crippen LogP contribution < -0.4 is 10.2 Å². The molecule has 5 rings (SSSR count). The second-order valence-electron chi connectivity index (χ2n) is 10.4. The first kappa shape index (κ1) is 26.5. The predicted octanol–water partition coefficient (Wildman–Crippen LogP) is 4.34. The van der Waals surface area contributed by atoms with Crippen molar-refractivity contribution < 1.29 is 18.5 Å². The Morgan fingerprint density at radius 2 is 1.87 bits per heavy atom. The van der Waals surface area contributed by atoms with Gasteiger partial charge in [0.15, 0.2) is 0 Å². The molecule has 38 heavy (non-hydrogen) atoms. The van der Waals surface area contributed by atoms with Gasteiger partial charge in [0.25, 0.3) is 5.91 Å². The fourth-order valence-electron chi connectivity index (χ4n) is 5.71. The van der Waals surface area contributed by atoms with E-state index in [1.807, 2.05) is 66.9 Å². The molecule has 2 aliphatic heterocycles. The quantitative estimate of drug-likeness (QED) is 0.298. The Bertz CT molecular complexity index is 1380. The average Bonchev–Trinajstić information content (AvgIpc) is 3.21. The van der Waals surface area contributed by atoms with Crippen LogP contribution in [-0.4, -0.2) is 72.3 Å². The molecule has 2 amide bonds. The van der Waals surface area contributed by atoms with E-state index in [1.165, 1.54) is 0 Å². The largest absolute Gasteiger partial charge is 0.385 e. The number of anilines is 2. The molecular formula is C30H37N3O4S. The van der Waals surface area contributed by atoms with Crippen molar-refractivity contribution in [2.75, 3.05) is 55.6 Å². The van der Waals surface area contributed by atoms with Crippen LogP contribution in [0.2, 0.25) is 0 Å². The number of methoxy groups -OCH3 is 1. The highest BCUT2D eigenvalue weighted by Crippen LogP contribution is 2.40. The molecule has 0 aliphatic carbocycles. The Hall–Kier alpha value is -3.07. The Kier molecular flexibility index (Phi) is 7.93. The monoisotopic (exact) mass is 535 g/mol. The molecule has 0 saturated carbocycles. The van der Waals surface area contributed by atoms with Crippen LogP contribution in [0.15, 0.2) is 65.6 Å². The number of hydrogen-bond donors (Lipinski definition) is 2. The van der Waals surface area contributed by atoms with E-state index in [2.05, 4.69) is 10.2 Å². The van der Waals surface area contributed by atoms with E-state index in [0.717, 1.165) is 59.3 Å². The number of ether oxygens (including phenoxy) is 1. The molecule has 1 unspecified atom stereocenters. The first-order chi connectivity index (χ1) is 18.4. The maximum atomic E-state index is 13.6. The van der Waals surface area contributed by atoms with Crippen molar-refractivity contribution in [3.05, 3.63) is 66.2 Å². The van der Waals surface area contributed by atoms with Gasteiger partial charge in [-0.15, -0.1) is 0 Å². The number of carbonyl (C=O) groups excluding carboxylic acids is 2. The molecule has 0 bridgehead atoms. The van der Waals surface area contributed by atoms with Gasteiger partial charge in [0.2, 0.25) is 5.91 Å². The lowest BCUT2D eigenvalue weighted by Crippen LogP contribution is -2.49. The van der Waals surface area contributed by atoms with Crippen molar-refractivity contribution >= 4 is 43.9 Å². The normalized spacial score (nSPS) is 18.2. The lowest BCUT2D eigenvalue weighted by Gasteiger charge is -2.36. The minimum absolute atomic E-state index is 0.00829. The van der Waals surface area contributed by atoms with Crippen molar-refractivity contribution in [1.82, 2.24) is 4.90 Å². The van der Waals surface area contributed by atoms with Gasteiger partial charge in [-0.1, -0.05) is 46.7 Å². The van der Waals surface area contributed by atoms with Crippen LogP contribution >= 0.6 is 0 Å². The van der Waals surface area contributed by atoms with E-state index in [9.17, 15) is 13.8 Å². The van der Waals surface area contributed by atoms with Crippen molar-refractivity contribution in [3.8, 4) is 0 Å². The highest BCUT2D eigenvalue weighted by molar-refractivity contribution is 8.02. The fourth-order valence-corrected chi connectivity index (χ4v) is 7.41. The summed E-state index contributed by atoms with van der Waals surface area (Å²) in [5.41, 5.74) is 2.27. The van der Waals surface area contributed by atoms with Crippen LogP contribution in [-0.2, 0) is 19.5 Å². The number of piperidine rings is 1. The van der Waals surface area contributed by atoms with Gasteiger partial charge in [-0.2, -0.15) is 0 Å². The molecule has 8 heteroatoms. The van der Waals surface area contributed by atoms with E-state index in [0.29, 0.717) is 31.0 Å². The minimum atomic E-state index is -2.51. The van der Waals surface area contributed by atoms with Gasteiger partial charge >= 0.3 is 0 Å². The van der Waals surface area contributed by atoms with Gasteiger partial charge in [0, 0.05) is 59.5 Å². The molecule has 202 valence electrons. The minimum Gasteiger partial charge on any atom is -0.385 e. The molecule has 3 aromatic rings. The third-order valence-electron chi connectivity index (χ3n) is 7.81. The summed E-state index contributed by atoms with van der Waals surface area (Å²) in [6, 6.07) is 18.9. The van der Waals surface area contributed by atoms with Gasteiger partial charge in [-0.3, -0.25) is 18.7 Å². The number of hydrogen-bond acceptors (Lipinski definition) is 5. The van der Waals surface area contributed by atoms with Gasteiger partial charge in [-0.05, 0) is 62.4 Å². The second kappa shape index (κ2) is 11.4. The molecule has 1 atom stereocenters. The van der Waals surface area contributed by atoms with Crippen LogP contribution in [0, 0.1) is 0 Å². The smallest absolute Gasteiger partial charge is 0.258 e. The zero-order chi connectivity index (χ0) is 26.7. The Balaban J connectivity index is 1.33. The summed E-state index contributed by atoms with van der Waals surface area (Å²) in [6.45, 7) is 2.62. The molecule has 7 nitrogen and oxygen atoms in total. The lowest BCUT2D eigenvalue weighted by atomic mass is 10.0. The highest BCUT2D eigenvalue weighted by atomic mass is 32.2. The number of thiol groups is 1. The predicted molar refractivity (Wildman–Crippen MR) is 155 cm³/mol. The SMILES string of the molecule is COCCCN1C(=O)c2cccc3c(NC(=O)C4CCCCN4CC[SH](C)(=O)c4ccccc4)ccc1c23. The maximum absolute atomic E-state index is 13.6. The van der Waals surface area contributed by atoms with Crippen molar-refractivity contribution in [3.63, 3.8) is 0 Å². The van der Waals surface area contributed by atoms with Crippen LogP contribution in [0.25, 0.3) is 10.8 Å². The number of nitrogens with zero attached hydrogens (tertiary/aromatic N) is 2. The number of nitrogens with one attached hydrogen (secondary N) is 1. The van der Waals surface area contributed by atoms with Crippen molar-refractivity contribution in [2.45, 2.75) is 36.6 Å². The van der Waals surface area contributed by atoms with E-state index in [4.69, 9.17) is 4.74 Å². The molecule has 3 aromatic carbocycles. The Morgan fingerprint density at radius 3 is 2.66 bits per heavy atom. The molecule has 0 radical (unpaired) electrons. The van der Waals surface area contributed by atoms with E-state index in [1.54, 1.807) is 12.0 Å². The standard InChI is InChI=1S/C30H37N3O4S/c1-37-20-9-18-33-26-16-15-25(23-12-8-13-24(28(23)26)30(33)35)31-29(34)27-14-6-7-17-32(27)19-21-38(2,36)22-10-4-3-5-11-22/h3-5,8,10-13,15-16,27,38H,6-7,9,14,17-21H2,1-2H3,(H,31,34). The number of amides is 2. The van der Waals surface area contributed by atoms with Crippen LogP contribution in [0.3, 0.4) is 0 Å². The molecule has 1 fully saturated rings. The number of likely N-dealkylation sites (tertiary alicyclic amines) is 1. The first-order valence-corrected chi connectivity index (χ1v) is 15.8. The summed E-state index contributed by atoms with van der Waals surface area (Å²) >= 11 is 0. The first-order valence-electron chi connectivity index (χ1n) is 13.4. The molecule has 0 aromatic heterocycles. The molecular weight excluding hydrogens is 498 g/mol. The molecule has 0 spiro atoms. The van der Waals surface area contributed by atoms with E-state index < -0.39 is 9.93 Å². The maximum Gasteiger partial charge on any atom is 0.258 e. The van der Waals surface area contributed by atoms with Crippen LogP contribution in [0.4, 0.5) is 11.4 Å². The summed E-state index contributed by atoms with van der Waals surface area (Å²) in [7, 11) is -0.851. The van der Waals surface area contributed by atoms with Gasteiger partial charge in [-0.25, -0.2) is 0 Å². The number of carbonyl (C=O) groups is 2. The van der Waals surface area contributed by atoms with E-state index >= 15 is 0 Å². The average molecular weight is 536 g/mol. The summed E-state index contributed by atoms with van der Waals surface area (Å²) in [6.07, 6.45) is 5.39. The third-order valence-corrected chi connectivity index (χ3v) is 10.2. The Morgan fingerprint density at radius 1 is 1.05 bits per heavy atom. The Labute approximate surface area is 225 Å². The summed E-state index contributed by atoms with van der Waals surface area (Å²) in [5, 5.41) is 4.95. The van der Waals surface area contributed by atoms with Crippen LogP contribution in [0.1, 0.15) is 36.0 Å². The zero-order valence-electron chi connectivity index (χ0n) is 22.2. The molecule has 1 saturated heterocycles. The van der Waals surface area contributed by atoms with Crippen molar-refractivity contribution in [1.29, 1.82) is 0 Å². The van der Waals surface area contributed by atoms with Crippen molar-refractivity contribution in [2.24, 2.45) is 0 Å². The number of rotatable bonds is 10. The highest BCUT2D eigenvalue weighted by Gasteiger charge is 2.32. The van der Waals surface area contributed by atoms with Crippen LogP contribution in [0.5, 0.6) is 0 Å². The summed E-state index contributed by atoms with van der Waals surface area (Å²) in [4.78, 5) is 31.6. The fraction of sp³-hybridized carbons (Fsp3) is 0.400. The molecule has 2 heterocycles. The van der Waals surface area contributed by atoms with Gasteiger partial charge < -0.3 is 15.0 Å². The van der Waals surface area contributed by atoms with Gasteiger partial charge in [0.1, 0.15) is 0 Å². The van der Waals surface area contributed by atoms with Gasteiger partial charge in [0.05, 0.1) is 11.7 Å². The third kappa shape index (κ3) is 5.25. The number of benzene rings is 3. The lowest BCUT2D eigenvalue weighted by molar-refractivity contribution is -0.122. The molecule has 2 aliphatic rings. The van der Waals surface area contributed by atoms with E-state index in [-0.39, 0.29) is 17.9 Å².